The smallest absolute Gasteiger partial charge is 0.372 e. The lowest BCUT2D eigenvalue weighted by atomic mass is 10.2. The van der Waals surface area contributed by atoms with Gasteiger partial charge in [0.25, 0.3) is 0 Å². The first kappa shape index (κ1) is 31.8. The normalized spacial score (nSPS) is 9.93. The number of nitrogens with two attached hydrogens (primary N) is 1. The van der Waals surface area contributed by atoms with E-state index in [1.807, 2.05) is 12.1 Å². The van der Waals surface area contributed by atoms with Crippen LogP contribution in [0.4, 0.5) is 10.5 Å². The summed E-state index contributed by atoms with van der Waals surface area (Å²) in [6.07, 6.45) is 0. The topological polar surface area (TPSA) is 118 Å². The van der Waals surface area contributed by atoms with Crippen LogP contribution in [0.5, 0.6) is 23.0 Å². The van der Waals surface area contributed by atoms with Crippen molar-refractivity contribution in [3.63, 3.8) is 0 Å². The molecular formula is C29H19Cl4N3O4S. The molecule has 0 saturated heterocycles. The number of anilines is 1. The summed E-state index contributed by atoms with van der Waals surface area (Å²) in [7, 11) is 0. The van der Waals surface area contributed by atoms with Crippen LogP contribution in [0.2, 0.25) is 20.1 Å². The first-order valence-corrected chi connectivity index (χ1v) is 13.9. The van der Waals surface area contributed by atoms with Crippen LogP contribution in [0, 0.1) is 22.7 Å². The molecule has 0 spiro atoms. The number of ether oxygens (including phenoxy) is 3. The molecular weight excluding hydrogens is 628 g/mol. The van der Waals surface area contributed by atoms with E-state index in [4.69, 9.17) is 76.9 Å². The highest BCUT2D eigenvalue weighted by Gasteiger charge is 2.14. The van der Waals surface area contributed by atoms with Crippen LogP contribution in [0.25, 0.3) is 0 Å². The zero-order valence-electron chi connectivity index (χ0n) is 21.2. The summed E-state index contributed by atoms with van der Waals surface area (Å²) in [6.45, 7) is 1.99. The zero-order valence-corrected chi connectivity index (χ0v) is 25.0. The van der Waals surface area contributed by atoms with Crippen LogP contribution in [-0.2, 0) is 4.74 Å². The second-order valence-electron chi connectivity index (χ2n) is 7.84. The molecule has 0 fully saturated rings. The van der Waals surface area contributed by atoms with Gasteiger partial charge in [0.05, 0.1) is 40.5 Å². The number of hydrogen-bond acceptors (Lipinski definition) is 8. The molecule has 0 amide bonds. The van der Waals surface area contributed by atoms with Crippen molar-refractivity contribution < 1.29 is 19.0 Å². The molecule has 0 aromatic heterocycles. The third kappa shape index (κ3) is 9.98. The van der Waals surface area contributed by atoms with Crippen molar-refractivity contribution in [3.05, 3.63) is 104 Å². The molecule has 0 unspecified atom stereocenters. The molecule has 0 aliphatic carbocycles. The molecule has 4 rings (SSSR count). The molecule has 7 nitrogen and oxygen atoms in total. The number of nitrogen functional groups attached to an aromatic ring is 1. The molecule has 4 aromatic rings. The first-order chi connectivity index (χ1) is 19.6. The van der Waals surface area contributed by atoms with Crippen LogP contribution in [0.1, 0.15) is 18.1 Å². The Labute approximate surface area is 260 Å². The number of nitrogens with zero attached hydrogens (tertiary/aromatic N) is 2. The highest BCUT2D eigenvalue weighted by molar-refractivity contribution is 8.13. The van der Waals surface area contributed by atoms with Gasteiger partial charge in [-0.1, -0.05) is 46.4 Å². The highest BCUT2D eigenvalue weighted by atomic mass is 35.5. The van der Waals surface area contributed by atoms with Crippen LogP contribution in [-0.4, -0.2) is 11.9 Å². The molecule has 41 heavy (non-hydrogen) atoms. The van der Waals surface area contributed by atoms with Crippen molar-refractivity contribution in [3.8, 4) is 35.1 Å². The Balaban J connectivity index is 0.000000232. The van der Waals surface area contributed by atoms with E-state index >= 15 is 0 Å². The number of thioether (sulfide) groups is 1. The lowest BCUT2D eigenvalue weighted by Crippen LogP contribution is -1.97. The van der Waals surface area contributed by atoms with Crippen LogP contribution in [0.15, 0.2) is 77.7 Å². The molecule has 0 bridgehead atoms. The average Bonchev–Trinajstić information content (AvgIpc) is 2.90. The Bertz CT molecular complexity index is 1610. The largest absolute Gasteiger partial charge is 0.458 e. The summed E-state index contributed by atoms with van der Waals surface area (Å²) in [6, 6.07) is 23.2. The van der Waals surface area contributed by atoms with Gasteiger partial charge in [-0.05, 0) is 91.5 Å². The summed E-state index contributed by atoms with van der Waals surface area (Å²) in [4.78, 5) is 12.2. The summed E-state index contributed by atoms with van der Waals surface area (Å²) >= 11 is 24.5. The minimum absolute atomic E-state index is 0.268. The second-order valence-corrected chi connectivity index (χ2v) is 10.6. The Hall–Kier alpha value is -3.76. The molecule has 0 atom stereocenters. The lowest BCUT2D eigenvalue weighted by Gasteiger charge is -2.11. The van der Waals surface area contributed by atoms with E-state index in [0.717, 1.165) is 11.8 Å². The number of benzene rings is 4. The highest BCUT2D eigenvalue weighted by Crippen LogP contribution is 2.36. The molecule has 2 N–H and O–H groups in total. The zero-order chi connectivity index (χ0) is 29.9. The molecule has 0 radical (unpaired) electrons. The maximum atomic E-state index is 11.7. The minimum atomic E-state index is -0.475. The number of carbonyl (C=O) groups excluding carboxylic acids is 1. The fourth-order valence-corrected chi connectivity index (χ4v) is 4.88. The second kappa shape index (κ2) is 15.3. The molecule has 0 saturated carbocycles. The van der Waals surface area contributed by atoms with Gasteiger partial charge in [0.15, 0.2) is 0 Å². The van der Waals surface area contributed by atoms with Crippen LogP contribution >= 0.6 is 58.2 Å². The van der Waals surface area contributed by atoms with Gasteiger partial charge in [0.1, 0.15) is 23.0 Å². The summed E-state index contributed by atoms with van der Waals surface area (Å²) in [5.41, 5.74) is 7.04. The van der Waals surface area contributed by atoms with E-state index in [2.05, 4.69) is 0 Å². The van der Waals surface area contributed by atoms with Crippen molar-refractivity contribution >= 4 is 69.2 Å². The van der Waals surface area contributed by atoms with Gasteiger partial charge < -0.3 is 19.9 Å². The Morgan fingerprint density at radius 1 is 0.756 bits per heavy atom. The summed E-state index contributed by atoms with van der Waals surface area (Å²) < 4.78 is 16.2. The number of halogens is 4. The van der Waals surface area contributed by atoms with Crippen molar-refractivity contribution in [2.75, 3.05) is 12.3 Å². The number of carbonyl (C=O) groups is 1. The van der Waals surface area contributed by atoms with Gasteiger partial charge in [-0.15, -0.1) is 0 Å². The predicted molar refractivity (Wildman–Crippen MR) is 163 cm³/mol. The van der Waals surface area contributed by atoms with Gasteiger partial charge in [-0.3, -0.25) is 0 Å². The van der Waals surface area contributed by atoms with Gasteiger partial charge in [0.2, 0.25) is 0 Å². The van der Waals surface area contributed by atoms with Gasteiger partial charge in [0, 0.05) is 20.1 Å². The van der Waals surface area contributed by atoms with E-state index in [1.54, 1.807) is 79.7 Å². The van der Waals surface area contributed by atoms with Crippen molar-refractivity contribution in [2.24, 2.45) is 0 Å². The third-order valence-electron chi connectivity index (χ3n) is 4.79. The molecule has 0 heterocycles. The quantitative estimate of drug-likeness (QED) is 0.125. The molecule has 4 aromatic carbocycles. The van der Waals surface area contributed by atoms with Gasteiger partial charge in [-0.2, -0.15) is 10.5 Å². The standard InChI is InChI=1S/C16H11Cl2NO3S.C13H8Cl2N2O/c1-2-21-16(20)23-15-5-10(9-19)3-4-14(15)22-13-7-11(17)6-12(18)8-13;14-9-4-10(15)6-11(5-9)18-13-2-1-8(7-16)3-12(13)17/h3-8H,2H2,1H3;1-6H,17H2. The van der Waals surface area contributed by atoms with Crippen LogP contribution in [0.3, 0.4) is 0 Å². The Morgan fingerprint density at radius 3 is 1.68 bits per heavy atom. The summed E-state index contributed by atoms with van der Waals surface area (Å²) in [5, 5.41) is 19.1. The van der Waals surface area contributed by atoms with Crippen molar-refractivity contribution in [1.82, 2.24) is 0 Å². The van der Waals surface area contributed by atoms with Crippen molar-refractivity contribution in [1.29, 1.82) is 10.5 Å². The van der Waals surface area contributed by atoms with E-state index in [-0.39, 0.29) is 6.61 Å². The van der Waals surface area contributed by atoms with E-state index in [1.165, 1.54) is 0 Å². The third-order valence-corrected chi connectivity index (χ3v) is 6.49. The van der Waals surface area contributed by atoms with Gasteiger partial charge in [-0.25, -0.2) is 4.79 Å². The fourth-order valence-electron chi connectivity index (χ4n) is 3.12. The lowest BCUT2D eigenvalue weighted by molar-refractivity contribution is 0.181. The maximum Gasteiger partial charge on any atom is 0.372 e. The first-order valence-electron chi connectivity index (χ1n) is 11.6. The number of rotatable bonds is 6. The molecule has 0 aliphatic rings. The average molecular weight is 647 g/mol. The Kier molecular flexibility index (Phi) is 11.9. The van der Waals surface area contributed by atoms with E-state index < -0.39 is 5.30 Å². The Morgan fingerprint density at radius 2 is 1.22 bits per heavy atom. The molecule has 208 valence electrons. The maximum absolute atomic E-state index is 11.7. The SMILES string of the molecule is CCOC(=O)Sc1cc(C#N)ccc1Oc1cc(Cl)cc(Cl)c1.N#Cc1ccc(Oc2cc(Cl)cc(Cl)c2)c(N)c1. The van der Waals surface area contributed by atoms with Crippen LogP contribution < -0.4 is 15.2 Å². The number of hydrogen-bond donors (Lipinski definition) is 1. The predicted octanol–water partition coefficient (Wildman–Crippen LogP) is 10.1. The minimum Gasteiger partial charge on any atom is -0.458 e. The van der Waals surface area contributed by atoms with Gasteiger partial charge >= 0.3 is 5.30 Å². The molecule has 12 heteroatoms. The van der Waals surface area contributed by atoms with E-state index in [9.17, 15) is 4.79 Å². The monoisotopic (exact) mass is 645 g/mol. The summed E-state index contributed by atoms with van der Waals surface area (Å²) in [5.74, 6) is 1.77. The van der Waals surface area contributed by atoms with Crippen molar-refractivity contribution in [2.45, 2.75) is 11.8 Å². The fraction of sp³-hybridized carbons (Fsp3) is 0.0690. The molecule has 0 aliphatic heterocycles. The van der Waals surface area contributed by atoms with E-state index in [0.29, 0.717) is 64.8 Å². The number of nitriles is 2.